The Kier molecular flexibility index (Phi) is 4.51. The zero-order valence-electron chi connectivity index (χ0n) is 13.5. The van der Waals surface area contributed by atoms with Gasteiger partial charge in [0.2, 0.25) is 0 Å². The number of ether oxygens (including phenoxy) is 1. The second-order valence-corrected chi connectivity index (χ2v) is 6.51. The Labute approximate surface area is 128 Å². The van der Waals surface area contributed by atoms with E-state index in [0.29, 0.717) is 6.04 Å². The molecule has 1 aromatic rings. The zero-order valence-corrected chi connectivity index (χ0v) is 13.5. The van der Waals surface area contributed by atoms with E-state index in [1.165, 1.54) is 31.2 Å². The minimum atomic E-state index is 0.510. The number of nitrogens with zero attached hydrogens (tertiary/aromatic N) is 1. The number of piperidine rings is 1. The van der Waals surface area contributed by atoms with E-state index in [9.17, 15) is 0 Å². The van der Waals surface area contributed by atoms with E-state index in [1.54, 1.807) is 7.11 Å². The number of nitrogens with one attached hydrogen (secondary N) is 1. The van der Waals surface area contributed by atoms with Crippen molar-refractivity contribution in [2.45, 2.75) is 63.7 Å². The molecular formula is C18H28N2O. The predicted molar refractivity (Wildman–Crippen MR) is 86.8 cm³/mol. The molecule has 3 unspecified atom stereocenters. The second-order valence-electron chi connectivity index (χ2n) is 6.51. The van der Waals surface area contributed by atoms with Crippen molar-refractivity contribution in [1.82, 2.24) is 10.2 Å². The van der Waals surface area contributed by atoms with Crippen LogP contribution in [0.2, 0.25) is 0 Å². The molecule has 2 aliphatic heterocycles. The highest BCUT2D eigenvalue weighted by Gasteiger charge is 2.42. The number of benzene rings is 1. The summed E-state index contributed by atoms with van der Waals surface area (Å²) in [5.74, 6) is 0.944. The first-order valence-electron chi connectivity index (χ1n) is 8.37. The van der Waals surface area contributed by atoms with E-state index in [0.717, 1.165) is 30.4 Å². The van der Waals surface area contributed by atoms with Gasteiger partial charge in [-0.2, -0.15) is 0 Å². The molecule has 0 spiro atoms. The molecule has 21 heavy (non-hydrogen) atoms. The van der Waals surface area contributed by atoms with Gasteiger partial charge in [-0.3, -0.25) is 4.90 Å². The number of rotatable bonds is 5. The van der Waals surface area contributed by atoms with Crippen LogP contribution in [0.4, 0.5) is 0 Å². The molecular weight excluding hydrogens is 260 g/mol. The smallest absolute Gasteiger partial charge is 0.118 e. The fourth-order valence-electron chi connectivity index (χ4n) is 4.36. The summed E-state index contributed by atoms with van der Waals surface area (Å²) < 4.78 is 5.27. The van der Waals surface area contributed by atoms with Crippen molar-refractivity contribution >= 4 is 0 Å². The van der Waals surface area contributed by atoms with E-state index in [-0.39, 0.29) is 0 Å². The van der Waals surface area contributed by atoms with Gasteiger partial charge in [0.1, 0.15) is 5.75 Å². The van der Waals surface area contributed by atoms with E-state index in [4.69, 9.17) is 4.74 Å². The van der Waals surface area contributed by atoms with Gasteiger partial charge in [-0.25, -0.2) is 0 Å². The minimum absolute atomic E-state index is 0.510. The third-order valence-corrected chi connectivity index (χ3v) is 5.33. The monoisotopic (exact) mass is 288 g/mol. The quantitative estimate of drug-likeness (QED) is 0.899. The molecule has 0 amide bonds. The zero-order chi connectivity index (χ0) is 14.8. The normalized spacial score (nSPS) is 30.3. The summed E-state index contributed by atoms with van der Waals surface area (Å²) in [7, 11) is 1.73. The van der Waals surface area contributed by atoms with Crippen molar-refractivity contribution in [3.05, 3.63) is 29.8 Å². The van der Waals surface area contributed by atoms with Crippen LogP contribution in [-0.2, 0) is 0 Å². The molecule has 3 nitrogen and oxygen atoms in total. The van der Waals surface area contributed by atoms with E-state index in [1.807, 2.05) is 0 Å². The molecule has 2 heterocycles. The molecule has 0 aromatic heterocycles. The summed E-state index contributed by atoms with van der Waals surface area (Å²) in [6.07, 6.45) is 5.36. The molecule has 2 aliphatic rings. The Hall–Kier alpha value is -1.06. The van der Waals surface area contributed by atoms with Crippen LogP contribution in [0, 0.1) is 0 Å². The lowest BCUT2D eigenvalue weighted by Crippen LogP contribution is -2.49. The molecule has 2 saturated heterocycles. The number of methoxy groups -OCH3 is 1. The molecule has 1 aromatic carbocycles. The van der Waals surface area contributed by atoms with Gasteiger partial charge in [-0.1, -0.05) is 19.1 Å². The van der Waals surface area contributed by atoms with Gasteiger partial charge in [0, 0.05) is 24.2 Å². The fraction of sp³-hybridized carbons (Fsp3) is 0.667. The van der Waals surface area contributed by atoms with Crippen LogP contribution in [-0.4, -0.2) is 36.7 Å². The van der Waals surface area contributed by atoms with Crippen LogP contribution < -0.4 is 10.1 Å². The summed E-state index contributed by atoms with van der Waals surface area (Å²) in [6.45, 7) is 5.67. The molecule has 116 valence electrons. The van der Waals surface area contributed by atoms with E-state index >= 15 is 0 Å². The maximum Gasteiger partial charge on any atom is 0.118 e. The van der Waals surface area contributed by atoms with Crippen molar-refractivity contribution in [3.63, 3.8) is 0 Å². The van der Waals surface area contributed by atoms with Gasteiger partial charge in [-0.05, 0) is 56.8 Å². The maximum atomic E-state index is 5.27. The van der Waals surface area contributed by atoms with Gasteiger partial charge in [0.05, 0.1) is 7.11 Å². The molecule has 0 radical (unpaired) electrons. The Balaban J connectivity index is 1.71. The standard InChI is InChI=1S/C18H28N2O/c1-4-19-15-11-16-7-8-17(12-15)20(16)13(2)14-5-9-18(21-3)10-6-14/h5-6,9-10,13,15-17,19H,4,7-8,11-12H2,1-3H3. The van der Waals surface area contributed by atoms with Crippen LogP contribution in [0.1, 0.15) is 51.1 Å². The highest BCUT2D eigenvalue weighted by Crippen LogP contribution is 2.41. The van der Waals surface area contributed by atoms with Crippen molar-refractivity contribution < 1.29 is 4.74 Å². The first-order chi connectivity index (χ1) is 10.2. The molecule has 3 rings (SSSR count). The Morgan fingerprint density at radius 3 is 2.33 bits per heavy atom. The molecule has 2 bridgehead atoms. The lowest BCUT2D eigenvalue weighted by atomic mass is 9.93. The van der Waals surface area contributed by atoms with Gasteiger partial charge in [0.15, 0.2) is 0 Å². The van der Waals surface area contributed by atoms with Crippen LogP contribution in [0.15, 0.2) is 24.3 Å². The first kappa shape index (κ1) is 14.9. The van der Waals surface area contributed by atoms with E-state index < -0.39 is 0 Å². The van der Waals surface area contributed by atoms with Gasteiger partial charge >= 0.3 is 0 Å². The molecule has 1 N–H and O–H groups in total. The van der Waals surface area contributed by atoms with Gasteiger partial charge in [-0.15, -0.1) is 0 Å². The average molecular weight is 288 g/mol. The molecule has 0 aliphatic carbocycles. The summed E-state index contributed by atoms with van der Waals surface area (Å²) in [5, 5.41) is 3.66. The lowest BCUT2D eigenvalue weighted by Gasteiger charge is -2.43. The highest BCUT2D eigenvalue weighted by atomic mass is 16.5. The number of hydrogen-bond acceptors (Lipinski definition) is 3. The number of fused-ring (bicyclic) bond motifs is 2. The SMILES string of the molecule is CCNC1CC2CCC(C1)N2C(C)c1ccc(OC)cc1. The highest BCUT2D eigenvalue weighted by molar-refractivity contribution is 5.29. The summed E-state index contributed by atoms with van der Waals surface area (Å²) >= 11 is 0. The van der Waals surface area contributed by atoms with Gasteiger partial charge < -0.3 is 10.1 Å². The minimum Gasteiger partial charge on any atom is -0.497 e. The van der Waals surface area contributed by atoms with Crippen LogP contribution in [0.3, 0.4) is 0 Å². The first-order valence-corrected chi connectivity index (χ1v) is 8.37. The third kappa shape index (κ3) is 2.95. The molecule has 3 heteroatoms. The van der Waals surface area contributed by atoms with E-state index in [2.05, 4.69) is 48.3 Å². The van der Waals surface area contributed by atoms with Crippen LogP contribution in [0.5, 0.6) is 5.75 Å². The van der Waals surface area contributed by atoms with Crippen molar-refractivity contribution in [2.75, 3.05) is 13.7 Å². The molecule has 2 fully saturated rings. The largest absolute Gasteiger partial charge is 0.497 e. The van der Waals surface area contributed by atoms with Crippen molar-refractivity contribution in [1.29, 1.82) is 0 Å². The topological polar surface area (TPSA) is 24.5 Å². The summed E-state index contributed by atoms with van der Waals surface area (Å²) in [6, 6.07) is 11.4. The Morgan fingerprint density at radius 2 is 1.81 bits per heavy atom. The maximum absolute atomic E-state index is 5.27. The molecule has 3 atom stereocenters. The Morgan fingerprint density at radius 1 is 1.19 bits per heavy atom. The predicted octanol–water partition coefficient (Wildman–Crippen LogP) is 3.36. The fourth-order valence-corrected chi connectivity index (χ4v) is 4.36. The van der Waals surface area contributed by atoms with Crippen LogP contribution in [0.25, 0.3) is 0 Å². The second kappa shape index (κ2) is 6.37. The third-order valence-electron chi connectivity index (χ3n) is 5.33. The van der Waals surface area contributed by atoms with Crippen molar-refractivity contribution in [3.8, 4) is 5.75 Å². The average Bonchev–Trinajstić information content (AvgIpc) is 2.78. The summed E-state index contributed by atoms with van der Waals surface area (Å²) in [5.41, 5.74) is 1.41. The van der Waals surface area contributed by atoms with Crippen LogP contribution >= 0.6 is 0 Å². The van der Waals surface area contributed by atoms with Crippen molar-refractivity contribution in [2.24, 2.45) is 0 Å². The number of hydrogen-bond donors (Lipinski definition) is 1. The molecule has 0 saturated carbocycles. The Bertz CT molecular complexity index is 445. The summed E-state index contributed by atoms with van der Waals surface area (Å²) in [4.78, 5) is 2.77. The lowest BCUT2D eigenvalue weighted by molar-refractivity contribution is 0.0775. The van der Waals surface area contributed by atoms with Gasteiger partial charge in [0.25, 0.3) is 0 Å².